The molecule has 3 aromatic rings. The van der Waals surface area contributed by atoms with Gasteiger partial charge >= 0.3 is 0 Å². The highest BCUT2D eigenvalue weighted by Gasteiger charge is 2.11. The topological polar surface area (TPSA) is 73.4 Å². The second-order valence-corrected chi connectivity index (χ2v) is 7.17. The molecule has 25 heavy (non-hydrogen) atoms. The Hall–Kier alpha value is -2.64. The minimum absolute atomic E-state index is 0.264. The van der Waals surface area contributed by atoms with E-state index in [1.165, 1.54) is 11.3 Å². The first-order valence-electron chi connectivity index (χ1n) is 7.45. The smallest absolute Gasteiger partial charge is 0.291 e. The van der Waals surface area contributed by atoms with Gasteiger partial charge in [-0.3, -0.25) is 9.89 Å². The molecule has 0 aliphatic heterocycles. The molecule has 0 aliphatic carbocycles. The molecular weight excluding hydrogens is 358 g/mol. The molecule has 128 valence electrons. The van der Waals surface area contributed by atoms with Crippen molar-refractivity contribution in [3.05, 3.63) is 58.1 Å². The average molecular weight is 374 g/mol. The molecule has 6 nitrogen and oxygen atoms in total. The van der Waals surface area contributed by atoms with E-state index in [0.29, 0.717) is 4.34 Å². The number of aromatic amines is 1. The number of benzene rings is 1. The summed E-state index contributed by atoms with van der Waals surface area (Å²) >= 11 is 7.33. The molecule has 8 heteroatoms. The van der Waals surface area contributed by atoms with Gasteiger partial charge in [0.2, 0.25) is 0 Å². The SMILES string of the molecule is CN(C)c1ccc(/C=N\NC(=O)c2cc(-c3ccc(Cl)s3)[nH]n2)cc1. The fourth-order valence-corrected chi connectivity index (χ4v) is 3.11. The third-order valence-corrected chi connectivity index (χ3v) is 4.70. The third kappa shape index (κ3) is 4.26. The average Bonchev–Trinajstić information content (AvgIpc) is 3.24. The lowest BCUT2D eigenvalue weighted by Gasteiger charge is -2.11. The van der Waals surface area contributed by atoms with Crippen LogP contribution < -0.4 is 10.3 Å². The number of amides is 1. The lowest BCUT2D eigenvalue weighted by molar-refractivity contribution is 0.0950. The summed E-state index contributed by atoms with van der Waals surface area (Å²) in [5.41, 5.74) is 5.46. The van der Waals surface area contributed by atoms with E-state index in [9.17, 15) is 4.79 Å². The number of carbonyl (C=O) groups is 1. The van der Waals surface area contributed by atoms with Crippen molar-refractivity contribution in [2.24, 2.45) is 5.10 Å². The maximum atomic E-state index is 12.1. The maximum absolute atomic E-state index is 12.1. The van der Waals surface area contributed by atoms with Crippen LogP contribution in [0.2, 0.25) is 4.34 Å². The van der Waals surface area contributed by atoms with Crippen LogP contribution in [-0.2, 0) is 0 Å². The van der Waals surface area contributed by atoms with E-state index in [2.05, 4.69) is 20.7 Å². The van der Waals surface area contributed by atoms with Gasteiger partial charge in [0, 0.05) is 19.8 Å². The molecule has 1 amide bonds. The van der Waals surface area contributed by atoms with Gasteiger partial charge in [-0.2, -0.15) is 10.2 Å². The van der Waals surface area contributed by atoms with E-state index in [1.54, 1.807) is 18.3 Å². The van der Waals surface area contributed by atoms with Crippen LogP contribution in [0, 0.1) is 0 Å². The molecule has 3 rings (SSSR count). The Morgan fingerprint density at radius 2 is 2.04 bits per heavy atom. The molecule has 0 fully saturated rings. The van der Waals surface area contributed by atoms with Crippen molar-refractivity contribution in [3.8, 4) is 10.6 Å². The van der Waals surface area contributed by atoms with Gasteiger partial charge < -0.3 is 4.90 Å². The van der Waals surface area contributed by atoms with Crippen molar-refractivity contribution < 1.29 is 4.79 Å². The molecule has 0 spiro atoms. The molecule has 2 N–H and O–H groups in total. The normalized spacial score (nSPS) is 11.0. The Bertz CT molecular complexity index is 898. The second kappa shape index (κ2) is 7.50. The highest BCUT2D eigenvalue weighted by Crippen LogP contribution is 2.29. The molecule has 0 aliphatic rings. The van der Waals surface area contributed by atoms with E-state index in [-0.39, 0.29) is 11.6 Å². The predicted molar refractivity (Wildman–Crippen MR) is 103 cm³/mol. The first-order chi connectivity index (χ1) is 12.0. The molecule has 0 saturated carbocycles. The number of hydrogen-bond acceptors (Lipinski definition) is 5. The van der Waals surface area contributed by atoms with Crippen molar-refractivity contribution in [2.75, 3.05) is 19.0 Å². The lowest BCUT2D eigenvalue weighted by atomic mass is 10.2. The minimum Gasteiger partial charge on any atom is -0.378 e. The summed E-state index contributed by atoms with van der Waals surface area (Å²) in [4.78, 5) is 15.0. The first-order valence-corrected chi connectivity index (χ1v) is 8.64. The van der Waals surface area contributed by atoms with Crippen LogP contribution in [0.25, 0.3) is 10.6 Å². The van der Waals surface area contributed by atoms with Crippen molar-refractivity contribution in [1.82, 2.24) is 15.6 Å². The van der Waals surface area contributed by atoms with Crippen molar-refractivity contribution >= 4 is 40.7 Å². The number of halogens is 1. The highest BCUT2D eigenvalue weighted by atomic mass is 35.5. The summed E-state index contributed by atoms with van der Waals surface area (Å²) < 4.78 is 0.681. The van der Waals surface area contributed by atoms with Crippen molar-refractivity contribution in [2.45, 2.75) is 0 Å². The first kappa shape index (κ1) is 17.2. The van der Waals surface area contributed by atoms with Gasteiger partial charge in [-0.1, -0.05) is 23.7 Å². The van der Waals surface area contributed by atoms with Crippen LogP contribution in [0.4, 0.5) is 5.69 Å². The number of anilines is 1. The largest absolute Gasteiger partial charge is 0.378 e. The van der Waals surface area contributed by atoms with Gasteiger partial charge in [0.05, 0.1) is 21.1 Å². The van der Waals surface area contributed by atoms with Crippen LogP contribution in [-0.4, -0.2) is 36.4 Å². The predicted octanol–water partition coefficient (Wildman–Crippen LogP) is 3.62. The van der Waals surface area contributed by atoms with Gasteiger partial charge in [0.25, 0.3) is 5.91 Å². The Labute approximate surface area is 154 Å². The maximum Gasteiger partial charge on any atom is 0.291 e. The van der Waals surface area contributed by atoms with Crippen LogP contribution in [0.3, 0.4) is 0 Å². The molecule has 0 atom stereocenters. The van der Waals surface area contributed by atoms with Gasteiger partial charge in [-0.25, -0.2) is 5.43 Å². The molecule has 2 aromatic heterocycles. The second-order valence-electron chi connectivity index (χ2n) is 5.46. The molecule has 0 radical (unpaired) electrons. The molecule has 0 unspecified atom stereocenters. The number of aromatic nitrogens is 2. The fourth-order valence-electron chi connectivity index (χ4n) is 2.10. The summed E-state index contributed by atoms with van der Waals surface area (Å²) in [5.74, 6) is -0.383. The number of H-pyrrole nitrogens is 1. The van der Waals surface area contributed by atoms with Crippen LogP contribution in [0.5, 0.6) is 0 Å². The lowest BCUT2D eigenvalue weighted by Crippen LogP contribution is -2.18. The Balaban J connectivity index is 1.61. The monoisotopic (exact) mass is 373 g/mol. The standard InChI is InChI=1S/C17H16ClN5OS/c1-23(2)12-5-3-11(4-6-12)10-19-22-17(24)14-9-13(20-21-14)15-7-8-16(18)25-15/h3-10H,1-2H3,(H,20,21)(H,22,24)/b19-10-. The number of carbonyl (C=O) groups excluding carboxylic acids is 1. The van der Waals surface area contributed by atoms with E-state index < -0.39 is 0 Å². The van der Waals surface area contributed by atoms with Gasteiger partial charge in [-0.05, 0) is 35.9 Å². The van der Waals surface area contributed by atoms with Crippen LogP contribution >= 0.6 is 22.9 Å². The summed E-state index contributed by atoms with van der Waals surface area (Å²) in [7, 11) is 3.96. The number of hydrogen-bond donors (Lipinski definition) is 2. The number of rotatable bonds is 5. The van der Waals surface area contributed by atoms with E-state index in [1.807, 2.05) is 49.3 Å². The fraction of sp³-hybridized carbons (Fsp3) is 0.118. The third-order valence-electron chi connectivity index (χ3n) is 3.44. The molecule has 2 heterocycles. The van der Waals surface area contributed by atoms with Crippen LogP contribution in [0.1, 0.15) is 16.1 Å². The van der Waals surface area contributed by atoms with E-state index >= 15 is 0 Å². The van der Waals surface area contributed by atoms with E-state index in [4.69, 9.17) is 11.6 Å². The number of nitrogens with zero attached hydrogens (tertiary/aromatic N) is 3. The van der Waals surface area contributed by atoms with Crippen molar-refractivity contribution in [3.63, 3.8) is 0 Å². The number of nitrogens with one attached hydrogen (secondary N) is 2. The molecule has 1 aromatic carbocycles. The zero-order chi connectivity index (χ0) is 17.8. The number of hydrazone groups is 1. The Kier molecular flexibility index (Phi) is 5.16. The van der Waals surface area contributed by atoms with Gasteiger partial charge in [0.1, 0.15) is 0 Å². The minimum atomic E-state index is -0.383. The summed E-state index contributed by atoms with van der Waals surface area (Å²) in [6.07, 6.45) is 1.59. The zero-order valence-electron chi connectivity index (χ0n) is 13.7. The van der Waals surface area contributed by atoms with Crippen molar-refractivity contribution in [1.29, 1.82) is 0 Å². The van der Waals surface area contributed by atoms with Gasteiger partial charge in [0.15, 0.2) is 5.69 Å². The summed E-state index contributed by atoms with van der Waals surface area (Å²) in [6, 6.07) is 13.2. The van der Waals surface area contributed by atoms with Crippen LogP contribution in [0.15, 0.2) is 47.6 Å². The Morgan fingerprint density at radius 1 is 1.28 bits per heavy atom. The zero-order valence-corrected chi connectivity index (χ0v) is 15.2. The Morgan fingerprint density at radius 3 is 2.68 bits per heavy atom. The highest BCUT2D eigenvalue weighted by molar-refractivity contribution is 7.19. The quantitative estimate of drug-likeness (QED) is 0.530. The number of thiophene rings is 1. The molecule has 0 bridgehead atoms. The molecular formula is C17H16ClN5OS. The molecule has 0 saturated heterocycles. The van der Waals surface area contributed by atoms with E-state index in [0.717, 1.165) is 21.8 Å². The summed E-state index contributed by atoms with van der Waals surface area (Å²) in [6.45, 7) is 0. The summed E-state index contributed by atoms with van der Waals surface area (Å²) in [5, 5.41) is 10.8. The van der Waals surface area contributed by atoms with Gasteiger partial charge in [-0.15, -0.1) is 11.3 Å².